The van der Waals surface area contributed by atoms with E-state index in [1.54, 1.807) is 23.1 Å². The topological polar surface area (TPSA) is 32.3 Å². The van der Waals surface area contributed by atoms with Gasteiger partial charge in [-0.3, -0.25) is 0 Å². The largest absolute Gasteiger partial charge is 0.395 e. The zero-order valence-electron chi connectivity index (χ0n) is 10.7. The highest BCUT2D eigenvalue weighted by atomic mass is 32.2. The second-order valence-electron chi connectivity index (χ2n) is 4.38. The van der Waals surface area contributed by atoms with E-state index in [2.05, 4.69) is 41.9 Å². The molecule has 0 spiro atoms. The maximum Gasteiger partial charge on any atom is 0.0564 e. The van der Waals surface area contributed by atoms with Gasteiger partial charge in [0.1, 0.15) is 0 Å². The maximum absolute atomic E-state index is 9.27. The van der Waals surface area contributed by atoms with E-state index in [1.807, 2.05) is 6.26 Å². The second kappa shape index (κ2) is 6.57. The van der Waals surface area contributed by atoms with E-state index in [0.717, 1.165) is 6.54 Å². The summed E-state index contributed by atoms with van der Waals surface area (Å²) in [4.78, 5) is 0. The lowest BCUT2D eigenvalue weighted by atomic mass is 10.1. The van der Waals surface area contributed by atoms with Gasteiger partial charge in [-0.25, -0.2) is 0 Å². The van der Waals surface area contributed by atoms with Crippen molar-refractivity contribution in [2.45, 2.75) is 24.8 Å². The van der Waals surface area contributed by atoms with Crippen LogP contribution in [0.3, 0.4) is 0 Å². The van der Waals surface area contributed by atoms with E-state index in [1.165, 1.54) is 15.6 Å². The van der Waals surface area contributed by atoms with Gasteiger partial charge in [0.15, 0.2) is 0 Å². The van der Waals surface area contributed by atoms with Crippen molar-refractivity contribution in [3.63, 3.8) is 0 Å². The molecule has 0 aliphatic rings. The molecule has 0 radical (unpaired) electrons. The molecule has 2 nitrogen and oxygen atoms in total. The number of benzene rings is 1. The van der Waals surface area contributed by atoms with Crippen LogP contribution < -0.4 is 5.32 Å². The molecule has 1 aromatic heterocycles. The molecule has 0 saturated heterocycles. The zero-order chi connectivity index (χ0) is 13.0. The molecule has 2 atom stereocenters. The first-order chi connectivity index (χ1) is 8.76. The minimum Gasteiger partial charge on any atom is -0.395 e. The minimum absolute atomic E-state index is 0.222. The van der Waals surface area contributed by atoms with E-state index in [4.69, 9.17) is 0 Å². The molecule has 0 saturated carbocycles. The summed E-state index contributed by atoms with van der Waals surface area (Å²) in [5.74, 6) is 0. The van der Waals surface area contributed by atoms with Crippen LogP contribution in [-0.2, 0) is 6.54 Å². The summed E-state index contributed by atoms with van der Waals surface area (Å²) in [6.45, 7) is 3.22. The number of thiophene rings is 1. The Morgan fingerprint density at radius 1 is 1.39 bits per heavy atom. The van der Waals surface area contributed by atoms with Crippen LogP contribution in [-0.4, -0.2) is 29.3 Å². The highest BCUT2D eigenvalue weighted by Crippen LogP contribution is 2.25. The van der Waals surface area contributed by atoms with Crippen molar-refractivity contribution >= 4 is 33.2 Å². The molecule has 18 heavy (non-hydrogen) atoms. The van der Waals surface area contributed by atoms with Gasteiger partial charge in [0, 0.05) is 22.5 Å². The second-order valence-corrected chi connectivity index (χ2v) is 6.37. The first kappa shape index (κ1) is 13.9. The number of fused-ring (bicyclic) bond motifs is 1. The first-order valence-corrected chi connectivity index (χ1v) is 8.25. The third-order valence-electron chi connectivity index (χ3n) is 3.22. The molecule has 4 heteroatoms. The molecule has 2 unspecified atom stereocenters. The van der Waals surface area contributed by atoms with Gasteiger partial charge in [-0.05, 0) is 35.6 Å². The molecule has 1 heterocycles. The average Bonchev–Trinajstić information content (AvgIpc) is 2.81. The van der Waals surface area contributed by atoms with E-state index >= 15 is 0 Å². The lowest BCUT2D eigenvalue weighted by Gasteiger charge is -2.21. The van der Waals surface area contributed by atoms with Crippen LogP contribution >= 0.6 is 23.1 Å². The molecule has 2 N–H and O–H groups in total. The Morgan fingerprint density at radius 2 is 2.17 bits per heavy atom. The van der Waals surface area contributed by atoms with Gasteiger partial charge in [0.25, 0.3) is 0 Å². The number of aliphatic hydroxyl groups excluding tert-OH is 1. The van der Waals surface area contributed by atoms with Gasteiger partial charge < -0.3 is 10.4 Å². The van der Waals surface area contributed by atoms with Crippen LogP contribution in [0.5, 0.6) is 0 Å². The summed E-state index contributed by atoms with van der Waals surface area (Å²) in [6.07, 6.45) is 2.04. The third-order valence-corrected chi connectivity index (χ3v) is 5.39. The number of hydrogen-bond acceptors (Lipinski definition) is 4. The van der Waals surface area contributed by atoms with Crippen molar-refractivity contribution in [2.24, 2.45) is 0 Å². The maximum atomic E-state index is 9.27. The van der Waals surface area contributed by atoms with Crippen LogP contribution in [0, 0.1) is 0 Å². The smallest absolute Gasteiger partial charge is 0.0564 e. The number of aliphatic hydroxyl groups is 1. The lowest BCUT2D eigenvalue weighted by molar-refractivity contribution is 0.276. The van der Waals surface area contributed by atoms with Crippen molar-refractivity contribution < 1.29 is 5.11 Å². The normalized spacial score (nSPS) is 14.8. The average molecular weight is 281 g/mol. The SMILES string of the molecule is CSC(CO)C(C)NCc1csc2ccccc12. The Kier molecular flexibility index (Phi) is 5.06. The molecule has 98 valence electrons. The Labute approximate surface area is 116 Å². The van der Waals surface area contributed by atoms with E-state index in [-0.39, 0.29) is 11.9 Å². The fourth-order valence-electron chi connectivity index (χ4n) is 2.01. The Morgan fingerprint density at radius 3 is 2.89 bits per heavy atom. The highest BCUT2D eigenvalue weighted by molar-refractivity contribution is 7.99. The van der Waals surface area contributed by atoms with Gasteiger partial charge in [0.2, 0.25) is 0 Å². The van der Waals surface area contributed by atoms with E-state index in [9.17, 15) is 5.11 Å². The Balaban J connectivity index is 2.02. The Hall–Kier alpha value is -0.550. The van der Waals surface area contributed by atoms with Gasteiger partial charge in [0.05, 0.1) is 6.61 Å². The number of nitrogens with one attached hydrogen (secondary N) is 1. The summed E-state index contributed by atoms with van der Waals surface area (Å²) in [7, 11) is 0. The first-order valence-electron chi connectivity index (χ1n) is 6.08. The molecular weight excluding hydrogens is 262 g/mol. The predicted octanol–water partition coefficient (Wildman–Crippen LogP) is 3.10. The minimum atomic E-state index is 0.222. The summed E-state index contributed by atoms with van der Waals surface area (Å²) in [6, 6.07) is 8.80. The van der Waals surface area contributed by atoms with Crippen molar-refractivity contribution in [1.82, 2.24) is 5.32 Å². The molecular formula is C14H19NOS2. The van der Waals surface area contributed by atoms with Crippen molar-refractivity contribution in [2.75, 3.05) is 12.9 Å². The van der Waals surface area contributed by atoms with Gasteiger partial charge in [-0.2, -0.15) is 11.8 Å². The molecule has 0 aliphatic heterocycles. The molecule has 1 aromatic carbocycles. The van der Waals surface area contributed by atoms with Gasteiger partial charge >= 0.3 is 0 Å². The number of thioether (sulfide) groups is 1. The monoisotopic (exact) mass is 281 g/mol. The molecule has 0 amide bonds. The van der Waals surface area contributed by atoms with Crippen molar-refractivity contribution in [3.05, 3.63) is 35.2 Å². The lowest BCUT2D eigenvalue weighted by Crippen LogP contribution is -2.36. The van der Waals surface area contributed by atoms with E-state index < -0.39 is 0 Å². The summed E-state index contributed by atoms with van der Waals surface area (Å²) >= 11 is 3.50. The zero-order valence-corrected chi connectivity index (χ0v) is 12.4. The molecule has 2 rings (SSSR count). The van der Waals surface area contributed by atoms with Crippen molar-refractivity contribution in [1.29, 1.82) is 0 Å². The standard InChI is InChI=1S/C14H19NOS2/c1-10(14(8-16)17-2)15-7-11-9-18-13-6-4-3-5-12(11)13/h3-6,9-10,14-16H,7-8H2,1-2H3. The summed E-state index contributed by atoms with van der Waals surface area (Å²) in [5.41, 5.74) is 1.35. The van der Waals surface area contributed by atoms with Crippen LogP contribution in [0.25, 0.3) is 10.1 Å². The van der Waals surface area contributed by atoms with Crippen molar-refractivity contribution in [3.8, 4) is 0 Å². The summed E-state index contributed by atoms with van der Waals surface area (Å²) < 4.78 is 1.34. The predicted molar refractivity (Wildman–Crippen MR) is 82.5 cm³/mol. The highest BCUT2D eigenvalue weighted by Gasteiger charge is 2.14. The van der Waals surface area contributed by atoms with Crippen LogP contribution in [0.2, 0.25) is 0 Å². The quantitative estimate of drug-likeness (QED) is 0.853. The number of hydrogen-bond donors (Lipinski definition) is 2. The fraction of sp³-hybridized carbons (Fsp3) is 0.429. The molecule has 0 bridgehead atoms. The van der Waals surface area contributed by atoms with Gasteiger partial charge in [-0.15, -0.1) is 11.3 Å². The van der Waals surface area contributed by atoms with Crippen LogP contribution in [0.4, 0.5) is 0 Å². The summed E-state index contributed by atoms with van der Waals surface area (Å²) in [5, 5.41) is 16.6. The molecule has 0 aliphatic carbocycles. The van der Waals surface area contributed by atoms with Crippen LogP contribution in [0.1, 0.15) is 12.5 Å². The third kappa shape index (κ3) is 3.06. The number of rotatable bonds is 6. The Bertz CT molecular complexity index is 493. The fourth-order valence-corrected chi connectivity index (χ4v) is 3.63. The van der Waals surface area contributed by atoms with E-state index in [0.29, 0.717) is 6.04 Å². The van der Waals surface area contributed by atoms with Gasteiger partial charge in [-0.1, -0.05) is 18.2 Å². The molecule has 2 aromatic rings. The van der Waals surface area contributed by atoms with Crippen LogP contribution in [0.15, 0.2) is 29.6 Å². The molecule has 0 fully saturated rings.